The number of rotatable bonds is 4. The molecule has 0 saturated heterocycles. The lowest BCUT2D eigenvalue weighted by Gasteiger charge is -2.17. The van der Waals surface area contributed by atoms with Crippen LogP contribution in [0.25, 0.3) is 0 Å². The molecule has 0 fully saturated rings. The summed E-state index contributed by atoms with van der Waals surface area (Å²) in [7, 11) is -2.43. The number of hydrogen-bond donors (Lipinski definition) is 2. The van der Waals surface area contributed by atoms with E-state index >= 15 is 0 Å². The summed E-state index contributed by atoms with van der Waals surface area (Å²) in [6.45, 7) is 0.0130. The van der Waals surface area contributed by atoms with Gasteiger partial charge in [0.1, 0.15) is 22.9 Å². The molecular formula is C10H12FN5O2S. The van der Waals surface area contributed by atoms with Gasteiger partial charge in [0.05, 0.1) is 12.2 Å². The van der Waals surface area contributed by atoms with Gasteiger partial charge in [-0.05, 0) is 18.2 Å². The standard InChI is InChI=1S/C10H12FN5O2S/c1-16(5-10-13-6-14-15-10)19(17,18)9-3-2-7(11)4-8(9)12/h2-4,6H,5,12H2,1H3,(H,13,14,15). The second-order valence-corrected chi connectivity index (χ2v) is 5.89. The quantitative estimate of drug-likeness (QED) is 0.788. The Morgan fingerprint density at radius 1 is 1.47 bits per heavy atom. The first-order chi connectivity index (χ1) is 8.91. The van der Waals surface area contributed by atoms with Crippen molar-refractivity contribution in [3.63, 3.8) is 0 Å². The molecular weight excluding hydrogens is 273 g/mol. The lowest BCUT2D eigenvalue weighted by atomic mass is 10.3. The van der Waals surface area contributed by atoms with Gasteiger partial charge in [-0.3, -0.25) is 5.10 Å². The van der Waals surface area contributed by atoms with Crippen molar-refractivity contribution in [1.82, 2.24) is 19.5 Å². The van der Waals surface area contributed by atoms with Crippen molar-refractivity contribution in [3.8, 4) is 0 Å². The normalized spacial score (nSPS) is 11.9. The molecule has 0 bridgehead atoms. The average molecular weight is 285 g/mol. The number of nitrogen functional groups attached to an aromatic ring is 1. The van der Waals surface area contributed by atoms with Crippen LogP contribution in [0.15, 0.2) is 29.4 Å². The maximum absolute atomic E-state index is 12.9. The summed E-state index contributed by atoms with van der Waals surface area (Å²) < 4.78 is 38.5. The minimum Gasteiger partial charge on any atom is -0.398 e. The van der Waals surface area contributed by atoms with E-state index < -0.39 is 15.8 Å². The Morgan fingerprint density at radius 3 is 2.79 bits per heavy atom. The minimum absolute atomic E-state index is 0.0130. The first-order valence-electron chi connectivity index (χ1n) is 5.27. The Hall–Kier alpha value is -2.00. The Bertz CT molecular complexity index is 671. The monoisotopic (exact) mass is 285 g/mol. The Kier molecular flexibility index (Phi) is 3.49. The highest BCUT2D eigenvalue weighted by Crippen LogP contribution is 2.22. The molecule has 1 heterocycles. The molecule has 3 N–H and O–H groups in total. The van der Waals surface area contributed by atoms with Crippen LogP contribution in [0, 0.1) is 5.82 Å². The number of nitrogens with one attached hydrogen (secondary N) is 1. The fourth-order valence-electron chi connectivity index (χ4n) is 1.52. The second-order valence-electron chi connectivity index (χ2n) is 3.88. The molecule has 9 heteroatoms. The highest BCUT2D eigenvalue weighted by molar-refractivity contribution is 7.89. The third-order valence-corrected chi connectivity index (χ3v) is 4.37. The van der Waals surface area contributed by atoms with Crippen LogP contribution in [-0.2, 0) is 16.6 Å². The van der Waals surface area contributed by atoms with Gasteiger partial charge < -0.3 is 5.73 Å². The van der Waals surface area contributed by atoms with E-state index in [9.17, 15) is 12.8 Å². The molecule has 0 unspecified atom stereocenters. The highest BCUT2D eigenvalue weighted by Gasteiger charge is 2.24. The average Bonchev–Trinajstić information content (AvgIpc) is 2.81. The molecule has 0 atom stereocenters. The van der Waals surface area contributed by atoms with Crippen LogP contribution in [0.3, 0.4) is 0 Å². The van der Waals surface area contributed by atoms with Gasteiger partial charge in [0.15, 0.2) is 0 Å². The summed E-state index contributed by atoms with van der Waals surface area (Å²) in [6.07, 6.45) is 1.28. The molecule has 0 amide bonds. The lowest BCUT2D eigenvalue weighted by Crippen LogP contribution is -2.27. The molecule has 1 aromatic heterocycles. The largest absolute Gasteiger partial charge is 0.398 e. The van der Waals surface area contributed by atoms with E-state index in [-0.39, 0.29) is 17.1 Å². The summed E-state index contributed by atoms with van der Waals surface area (Å²) >= 11 is 0. The molecule has 2 rings (SSSR count). The molecule has 0 spiro atoms. The molecule has 2 aromatic rings. The van der Waals surface area contributed by atoms with E-state index in [0.29, 0.717) is 5.82 Å². The smallest absolute Gasteiger partial charge is 0.245 e. The van der Waals surface area contributed by atoms with Crippen molar-refractivity contribution in [3.05, 3.63) is 36.2 Å². The first kappa shape index (κ1) is 13.4. The van der Waals surface area contributed by atoms with E-state index in [1.807, 2.05) is 0 Å². The fourth-order valence-corrected chi connectivity index (χ4v) is 2.75. The van der Waals surface area contributed by atoms with Gasteiger partial charge in [0.2, 0.25) is 10.0 Å². The number of nitrogens with zero attached hydrogens (tertiary/aromatic N) is 3. The molecule has 0 aliphatic carbocycles. The first-order valence-corrected chi connectivity index (χ1v) is 6.71. The number of aromatic amines is 1. The maximum atomic E-state index is 12.9. The molecule has 0 saturated carbocycles. The number of nitrogens with two attached hydrogens (primary N) is 1. The number of benzene rings is 1. The van der Waals surface area contributed by atoms with Gasteiger partial charge >= 0.3 is 0 Å². The predicted molar refractivity (Wildman–Crippen MR) is 65.8 cm³/mol. The highest BCUT2D eigenvalue weighted by atomic mass is 32.2. The van der Waals surface area contributed by atoms with Crippen molar-refractivity contribution < 1.29 is 12.8 Å². The van der Waals surface area contributed by atoms with Crippen molar-refractivity contribution in [2.75, 3.05) is 12.8 Å². The Labute approximate surface area is 109 Å². The van der Waals surface area contributed by atoms with Crippen molar-refractivity contribution in [2.45, 2.75) is 11.4 Å². The second kappa shape index (κ2) is 4.94. The number of sulfonamides is 1. The fraction of sp³-hybridized carbons (Fsp3) is 0.200. The van der Waals surface area contributed by atoms with Gasteiger partial charge in [-0.25, -0.2) is 17.8 Å². The van der Waals surface area contributed by atoms with Gasteiger partial charge in [0.25, 0.3) is 0 Å². The third kappa shape index (κ3) is 2.71. The van der Waals surface area contributed by atoms with E-state index in [0.717, 1.165) is 22.5 Å². The zero-order chi connectivity index (χ0) is 14.0. The van der Waals surface area contributed by atoms with Gasteiger partial charge in [-0.1, -0.05) is 0 Å². The summed E-state index contributed by atoms with van der Waals surface area (Å²) in [5, 5.41) is 6.18. The van der Waals surface area contributed by atoms with Crippen LogP contribution in [0.1, 0.15) is 5.82 Å². The lowest BCUT2D eigenvalue weighted by molar-refractivity contribution is 0.457. The number of anilines is 1. The van der Waals surface area contributed by atoms with Crippen LogP contribution < -0.4 is 5.73 Å². The van der Waals surface area contributed by atoms with E-state index in [2.05, 4.69) is 15.2 Å². The SMILES string of the molecule is CN(Cc1ncn[nH]1)S(=O)(=O)c1ccc(F)cc1N. The van der Waals surface area contributed by atoms with E-state index in [1.54, 1.807) is 0 Å². The molecule has 0 aliphatic heterocycles. The molecule has 7 nitrogen and oxygen atoms in total. The van der Waals surface area contributed by atoms with Gasteiger partial charge in [-0.2, -0.15) is 9.40 Å². The van der Waals surface area contributed by atoms with E-state index in [1.165, 1.54) is 13.4 Å². The van der Waals surface area contributed by atoms with Crippen LogP contribution in [-0.4, -0.2) is 35.0 Å². The van der Waals surface area contributed by atoms with Gasteiger partial charge in [-0.15, -0.1) is 0 Å². The molecule has 102 valence electrons. The van der Waals surface area contributed by atoms with Crippen LogP contribution in [0.2, 0.25) is 0 Å². The summed E-state index contributed by atoms with van der Waals surface area (Å²) in [5.74, 6) is -0.193. The molecule has 19 heavy (non-hydrogen) atoms. The zero-order valence-electron chi connectivity index (χ0n) is 10.0. The third-order valence-electron chi connectivity index (χ3n) is 2.50. The molecule has 1 aromatic carbocycles. The predicted octanol–water partition coefficient (Wildman–Crippen LogP) is 0.347. The summed E-state index contributed by atoms with van der Waals surface area (Å²) in [4.78, 5) is 3.69. The number of H-pyrrole nitrogens is 1. The van der Waals surface area contributed by atoms with Gasteiger partial charge in [0, 0.05) is 7.05 Å². The summed E-state index contributed by atoms with van der Waals surface area (Å²) in [6, 6.07) is 3.15. The Balaban J connectivity index is 2.31. The number of aromatic nitrogens is 3. The van der Waals surface area contributed by atoms with Crippen LogP contribution in [0.5, 0.6) is 0 Å². The molecule has 0 radical (unpaired) electrons. The topological polar surface area (TPSA) is 105 Å². The van der Waals surface area contributed by atoms with Crippen molar-refractivity contribution in [2.24, 2.45) is 0 Å². The zero-order valence-corrected chi connectivity index (χ0v) is 10.9. The van der Waals surface area contributed by atoms with Crippen LogP contribution >= 0.6 is 0 Å². The Morgan fingerprint density at radius 2 is 2.21 bits per heavy atom. The number of hydrogen-bond acceptors (Lipinski definition) is 5. The maximum Gasteiger partial charge on any atom is 0.245 e. The van der Waals surface area contributed by atoms with Crippen molar-refractivity contribution in [1.29, 1.82) is 0 Å². The van der Waals surface area contributed by atoms with Crippen molar-refractivity contribution >= 4 is 15.7 Å². The molecule has 0 aliphatic rings. The number of halogens is 1. The van der Waals surface area contributed by atoms with E-state index in [4.69, 9.17) is 5.73 Å². The summed E-state index contributed by atoms with van der Waals surface area (Å²) in [5.41, 5.74) is 5.40. The van der Waals surface area contributed by atoms with Crippen LogP contribution in [0.4, 0.5) is 10.1 Å². The minimum atomic E-state index is -3.81.